The van der Waals surface area contributed by atoms with Crippen molar-refractivity contribution in [3.05, 3.63) is 0 Å². The Labute approximate surface area is 52.0 Å². The Kier molecular flexibility index (Phi) is 3.94. The smallest absolute Gasteiger partial charge is 0.335 e. The van der Waals surface area contributed by atoms with Gasteiger partial charge in [0, 0.05) is 13.0 Å². The Bertz CT molecular complexity index is 94.6. The molecule has 0 bridgehead atoms. The topological polar surface area (TPSA) is 92.8 Å². The molecule has 0 saturated carbocycles. The molecule has 0 fully saturated rings. The second-order valence-electron chi connectivity index (χ2n) is 1.48. The molecule has 0 rings (SSSR count). The van der Waals surface area contributed by atoms with E-state index in [1.54, 1.807) is 0 Å². The molecule has 1 atom stereocenters. The summed E-state index contributed by atoms with van der Waals surface area (Å²) in [5.74, 6) is 3.41. The molecule has 0 aliphatic heterocycles. The molecular formula is C4H9NO4. The summed E-state index contributed by atoms with van der Waals surface area (Å²) < 4.78 is 0. The third kappa shape index (κ3) is 3.02. The lowest BCUT2D eigenvalue weighted by Crippen LogP contribution is -2.27. The highest BCUT2D eigenvalue weighted by Gasteiger charge is 2.15. The second-order valence-corrected chi connectivity index (χ2v) is 1.48. The highest BCUT2D eigenvalue weighted by Crippen LogP contribution is 1.92. The number of aliphatic hydroxyl groups excluding tert-OH is 1. The Morgan fingerprint density at radius 3 is 2.44 bits per heavy atom. The van der Waals surface area contributed by atoms with E-state index in [2.05, 4.69) is 10.7 Å². The third-order valence-electron chi connectivity index (χ3n) is 0.831. The molecule has 0 aromatic heterocycles. The van der Waals surface area contributed by atoms with Gasteiger partial charge in [-0.05, 0) is 0 Å². The molecule has 4 N–H and O–H groups in total. The fraction of sp³-hybridized carbons (Fsp3) is 0.750. The highest BCUT2D eigenvalue weighted by molar-refractivity contribution is 5.72. The first kappa shape index (κ1) is 8.35. The molecule has 9 heavy (non-hydrogen) atoms. The van der Waals surface area contributed by atoms with Crippen molar-refractivity contribution in [3.63, 3.8) is 0 Å². The van der Waals surface area contributed by atoms with Crippen LogP contribution in [0.15, 0.2) is 0 Å². The number of carboxylic acids is 1. The van der Waals surface area contributed by atoms with Gasteiger partial charge in [-0.1, -0.05) is 0 Å². The Balaban J connectivity index is 3.54. The standard InChI is InChI=1S/C4H9NO4/c5-9-3(1-2-6)4(7)8/h3,6H,1-2,5H2,(H,7,8). The van der Waals surface area contributed by atoms with E-state index >= 15 is 0 Å². The van der Waals surface area contributed by atoms with Gasteiger partial charge in [-0.3, -0.25) is 4.84 Å². The molecule has 5 nitrogen and oxygen atoms in total. The summed E-state index contributed by atoms with van der Waals surface area (Å²) >= 11 is 0. The van der Waals surface area contributed by atoms with Gasteiger partial charge in [0.25, 0.3) is 0 Å². The van der Waals surface area contributed by atoms with Crippen molar-refractivity contribution in [2.45, 2.75) is 12.5 Å². The summed E-state index contributed by atoms with van der Waals surface area (Å²) in [6.45, 7) is -0.242. The van der Waals surface area contributed by atoms with Crippen LogP contribution in [0.5, 0.6) is 0 Å². The fourth-order valence-electron chi connectivity index (χ4n) is 0.367. The second kappa shape index (κ2) is 4.25. The molecule has 0 aromatic carbocycles. The largest absolute Gasteiger partial charge is 0.479 e. The normalized spacial score (nSPS) is 13.1. The third-order valence-corrected chi connectivity index (χ3v) is 0.831. The number of hydrogen-bond donors (Lipinski definition) is 3. The van der Waals surface area contributed by atoms with E-state index in [1.165, 1.54) is 0 Å². The van der Waals surface area contributed by atoms with Crippen LogP contribution < -0.4 is 5.90 Å². The number of aliphatic carboxylic acids is 1. The van der Waals surface area contributed by atoms with Crippen molar-refractivity contribution in [2.75, 3.05) is 6.61 Å². The van der Waals surface area contributed by atoms with Crippen molar-refractivity contribution < 1.29 is 19.8 Å². The van der Waals surface area contributed by atoms with Gasteiger partial charge >= 0.3 is 5.97 Å². The van der Waals surface area contributed by atoms with Crippen molar-refractivity contribution in [3.8, 4) is 0 Å². The Hall–Kier alpha value is -0.650. The average molecular weight is 135 g/mol. The number of carbonyl (C=O) groups is 1. The molecule has 0 aliphatic rings. The molecule has 54 valence electrons. The van der Waals surface area contributed by atoms with Crippen molar-refractivity contribution in [1.82, 2.24) is 0 Å². The molecule has 0 heterocycles. The van der Waals surface area contributed by atoms with Crippen molar-refractivity contribution in [2.24, 2.45) is 5.90 Å². The number of rotatable bonds is 4. The van der Waals surface area contributed by atoms with E-state index in [-0.39, 0.29) is 13.0 Å². The number of nitrogens with two attached hydrogens (primary N) is 1. The van der Waals surface area contributed by atoms with Crippen molar-refractivity contribution in [1.29, 1.82) is 0 Å². The molecule has 0 radical (unpaired) electrons. The lowest BCUT2D eigenvalue weighted by Gasteiger charge is -2.05. The first-order valence-electron chi connectivity index (χ1n) is 2.41. The summed E-state index contributed by atoms with van der Waals surface area (Å²) in [7, 11) is 0. The van der Waals surface area contributed by atoms with E-state index < -0.39 is 12.1 Å². The predicted molar refractivity (Wildman–Crippen MR) is 28.4 cm³/mol. The molecule has 0 aromatic rings. The predicted octanol–water partition coefficient (Wildman–Crippen LogP) is -1.29. The molecular weight excluding hydrogens is 126 g/mol. The molecule has 1 unspecified atom stereocenters. The summed E-state index contributed by atoms with van der Waals surface area (Å²) in [5.41, 5.74) is 0. The van der Waals surface area contributed by atoms with Crippen LogP contribution in [0, 0.1) is 0 Å². The van der Waals surface area contributed by atoms with E-state index in [1.807, 2.05) is 0 Å². The molecule has 0 spiro atoms. The van der Waals surface area contributed by atoms with E-state index in [9.17, 15) is 4.79 Å². The van der Waals surface area contributed by atoms with Crippen LogP contribution in [0.1, 0.15) is 6.42 Å². The van der Waals surface area contributed by atoms with Crippen molar-refractivity contribution >= 4 is 5.97 Å². The lowest BCUT2D eigenvalue weighted by molar-refractivity contribution is -0.151. The molecule has 0 aliphatic carbocycles. The lowest BCUT2D eigenvalue weighted by atomic mass is 10.3. The maximum Gasteiger partial charge on any atom is 0.335 e. The molecule has 0 saturated heterocycles. The SMILES string of the molecule is NOC(CCO)C(=O)O. The summed E-state index contributed by atoms with van der Waals surface area (Å²) in [5, 5.41) is 16.4. The Morgan fingerprint density at radius 2 is 2.33 bits per heavy atom. The van der Waals surface area contributed by atoms with Crippen LogP contribution in [0.4, 0.5) is 0 Å². The van der Waals surface area contributed by atoms with Crippen LogP contribution in [0.3, 0.4) is 0 Å². The zero-order valence-corrected chi connectivity index (χ0v) is 4.78. The van der Waals surface area contributed by atoms with Crippen LogP contribution in [-0.4, -0.2) is 28.9 Å². The molecule has 0 amide bonds. The summed E-state index contributed by atoms with van der Waals surface area (Å²) in [6, 6.07) is 0. The molecule has 5 heteroatoms. The maximum absolute atomic E-state index is 10.0. The maximum atomic E-state index is 10.0. The zero-order valence-electron chi connectivity index (χ0n) is 4.78. The first-order chi connectivity index (χ1) is 4.22. The van der Waals surface area contributed by atoms with Gasteiger partial charge in [0.2, 0.25) is 0 Å². The van der Waals surface area contributed by atoms with E-state index in [0.29, 0.717) is 0 Å². The number of aliphatic hydroxyl groups is 1. The van der Waals surface area contributed by atoms with E-state index in [4.69, 9.17) is 10.2 Å². The summed E-state index contributed by atoms with van der Waals surface area (Å²) in [6.07, 6.45) is -1.07. The number of hydrogen-bond acceptors (Lipinski definition) is 4. The van der Waals surface area contributed by atoms with Gasteiger partial charge in [-0.25, -0.2) is 10.7 Å². The van der Waals surface area contributed by atoms with Gasteiger partial charge in [-0.2, -0.15) is 0 Å². The minimum absolute atomic E-state index is 0.0197. The van der Waals surface area contributed by atoms with Crippen LogP contribution in [-0.2, 0) is 9.63 Å². The summed E-state index contributed by atoms with van der Waals surface area (Å²) in [4.78, 5) is 14.0. The van der Waals surface area contributed by atoms with Crippen LogP contribution >= 0.6 is 0 Å². The highest BCUT2D eigenvalue weighted by atomic mass is 16.6. The van der Waals surface area contributed by atoms with Crippen LogP contribution in [0.2, 0.25) is 0 Å². The van der Waals surface area contributed by atoms with Gasteiger partial charge < -0.3 is 10.2 Å². The minimum Gasteiger partial charge on any atom is -0.479 e. The fourth-order valence-corrected chi connectivity index (χ4v) is 0.367. The monoisotopic (exact) mass is 135 g/mol. The van der Waals surface area contributed by atoms with Gasteiger partial charge in [-0.15, -0.1) is 0 Å². The van der Waals surface area contributed by atoms with Gasteiger partial charge in [0.15, 0.2) is 6.10 Å². The number of carboxylic acid groups (broad SMARTS) is 1. The van der Waals surface area contributed by atoms with Gasteiger partial charge in [0.1, 0.15) is 0 Å². The van der Waals surface area contributed by atoms with Gasteiger partial charge in [0.05, 0.1) is 0 Å². The average Bonchev–Trinajstić information content (AvgIpc) is 1.82. The van der Waals surface area contributed by atoms with Crippen LogP contribution in [0.25, 0.3) is 0 Å². The minimum atomic E-state index is -1.16. The first-order valence-corrected chi connectivity index (χ1v) is 2.41. The van der Waals surface area contributed by atoms with E-state index in [0.717, 1.165) is 0 Å². The quantitative estimate of drug-likeness (QED) is 0.417. The Morgan fingerprint density at radius 1 is 1.78 bits per heavy atom. The zero-order chi connectivity index (χ0) is 7.28.